The van der Waals surface area contributed by atoms with Crippen LogP contribution in [0.3, 0.4) is 0 Å². The first-order valence-corrected chi connectivity index (χ1v) is 8.74. The van der Waals surface area contributed by atoms with Crippen molar-refractivity contribution in [3.63, 3.8) is 0 Å². The maximum Gasteiger partial charge on any atom is 0.162 e. The Morgan fingerprint density at radius 1 is 1.08 bits per heavy atom. The SMILES string of the molecule is c1cc(CN2CCc3cnc(-c4cncnc4)nc3C2)c2cc[nH]c2c1. The molecule has 0 spiro atoms. The number of benzene rings is 1. The van der Waals surface area contributed by atoms with Gasteiger partial charge in [0.25, 0.3) is 0 Å². The lowest BCUT2D eigenvalue weighted by Gasteiger charge is -2.28. The van der Waals surface area contributed by atoms with E-state index in [0.29, 0.717) is 5.82 Å². The van der Waals surface area contributed by atoms with Gasteiger partial charge in [-0.2, -0.15) is 0 Å². The van der Waals surface area contributed by atoms with Crippen LogP contribution in [0.25, 0.3) is 22.3 Å². The van der Waals surface area contributed by atoms with Gasteiger partial charge in [0, 0.05) is 55.3 Å². The van der Waals surface area contributed by atoms with Gasteiger partial charge in [0.1, 0.15) is 6.33 Å². The molecule has 3 aromatic heterocycles. The summed E-state index contributed by atoms with van der Waals surface area (Å²) >= 11 is 0. The average Bonchev–Trinajstić information content (AvgIpc) is 3.18. The first-order valence-electron chi connectivity index (χ1n) is 8.74. The maximum atomic E-state index is 4.79. The molecule has 0 saturated heterocycles. The average molecular weight is 342 g/mol. The van der Waals surface area contributed by atoms with Gasteiger partial charge in [-0.25, -0.2) is 19.9 Å². The lowest BCUT2D eigenvalue weighted by Crippen LogP contribution is -2.31. The lowest BCUT2D eigenvalue weighted by atomic mass is 10.0. The van der Waals surface area contributed by atoms with E-state index < -0.39 is 0 Å². The molecular weight excluding hydrogens is 324 g/mol. The third kappa shape index (κ3) is 2.74. The molecule has 4 heterocycles. The van der Waals surface area contributed by atoms with Crippen LogP contribution >= 0.6 is 0 Å². The zero-order valence-electron chi connectivity index (χ0n) is 14.3. The number of H-pyrrole nitrogens is 1. The topological polar surface area (TPSA) is 70.6 Å². The van der Waals surface area contributed by atoms with Crippen LogP contribution in [0.4, 0.5) is 0 Å². The summed E-state index contributed by atoms with van der Waals surface area (Å²) < 4.78 is 0. The number of hydrogen-bond donors (Lipinski definition) is 1. The molecule has 0 amide bonds. The van der Waals surface area contributed by atoms with Crippen molar-refractivity contribution < 1.29 is 0 Å². The number of fused-ring (bicyclic) bond motifs is 2. The van der Waals surface area contributed by atoms with E-state index in [9.17, 15) is 0 Å². The number of aromatic nitrogens is 5. The van der Waals surface area contributed by atoms with Crippen LogP contribution in [-0.4, -0.2) is 36.4 Å². The minimum absolute atomic E-state index is 0.693. The van der Waals surface area contributed by atoms with Crippen molar-refractivity contribution in [2.24, 2.45) is 0 Å². The highest BCUT2D eigenvalue weighted by atomic mass is 15.1. The van der Waals surface area contributed by atoms with Crippen molar-refractivity contribution in [3.8, 4) is 11.4 Å². The molecule has 0 aliphatic carbocycles. The summed E-state index contributed by atoms with van der Waals surface area (Å²) in [4.78, 5) is 23.1. The van der Waals surface area contributed by atoms with Gasteiger partial charge >= 0.3 is 0 Å². The summed E-state index contributed by atoms with van der Waals surface area (Å²) in [6, 6.07) is 8.59. The second-order valence-corrected chi connectivity index (χ2v) is 6.61. The zero-order chi connectivity index (χ0) is 17.3. The molecule has 26 heavy (non-hydrogen) atoms. The fraction of sp³-hybridized carbons (Fsp3) is 0.200. The Labute approximate surface area is 151 Å². The molecule has 0 unspecified atom stereocenters. The van der Waals surface area contributed by atoms with E-state index in [0.717, 1.165) is 37.3 Å². The molecule has 6 nitrogen and oxygen atoms in total. The molecule has 0 radical (unpaired) electrons. The Balaban J connectivity index is 1.41. The van der Waals surface area contributed by atoms with E-state index in [1.54, 1.807) is 12.4 Å². The van der Waals surface area contributed by atoms with Gasteiger partial charge < -0.3 is 4.98 Å². The first kappa shape index (κ1) is 15.2. The van der Waals surface area contributed by atoms with E-state index in [1.807, 2.05) is 12.4 Å². The largest absolute Gasteiger partial charge is 0.361 e. The molecule has 128 valence electrons. The smallest absolute Gasteiger partial charge is 0.162 e. The van der Waals surface area contributed by atoms with Crippen LogP contribution in [0.15, 0.2) is 55.4 Å². The van der Waals surface area contributed by atoms with Crippen LogP contribution in [0.2, 0.25) is 0 Å². The quantitative estimate of drug-likeness (QED) is 0.620. The number of nitrogens with zero attached hydrogens (tertiary/aromatic N) is 5. The number of rotatable bonds is 3. The van der Waals surface area contributed by atoms with Gasteiger partial charge in [0.05, 0.1) is 11.3 Å². The minimum Gasteiger partial charge on any atom is -0.361 e. The summed E-state index contributed by atoms with van der Waals surface area (Å²) in [5, 5.41) is 1.29. The second-order valence-electron chi connectivity index (χ2n) is 6.61. The van der Waals surface area contributed by atoms with E-state index in [1.165, 1.54) is 28.4 Å². The van der Waals surface area contributed by atoms with Gasteiger partial charge in [-0.1, -0.05) is 12.1 Å². The third-order valence-electron chi connectivity index (χ3n) is 4.92. The third-order valence-corrected chi connectivity index (χ3v) is 4.92. The van der Waals surface area contributed by atoms with Crippen LogP contribution < -0.4 is 0 Å². The molecule has 5 rings (SSSR count). The standard InChI is InChI=1S/C20H18N6/c1-2-15(17-4-6-23-18(17)3-1)11-26-7-5-14-10-24-20(25-19(14)12-26)16-8-21-13-22-9-16/h1-4,6,8-10,13,23H,5,7,11-12H2. The van der Waals surface area contributed by atoms with Crippen LogP contribution in [-0.2, 0) is 19.5 Å². The van der Waals surface area contributed by atoms with Gasteiger partial charge in [-0.05, 0) is 29.7 Å². The molecule has 0 atom stereocenters. The predicted molar refractivity (Wildman–Crippen MR) is 99.2 cm³/mol. The Kier molecular flexibility index (Phi) is 3.68. The molecule has 0 fully saturated rings. The molecule has 0 saturated carbocycles. The van der Waals surface area contributed by atoms with Gasteiger partial charge in [-0.15, -0.1) is 0 Å². The summed E-state index contributed by atoms with van der Waals surface area (Å²) in [6.07, 6.45) is 9.95. The van der Waals surface area contributed by atoms with E-state index in [2.05, 4.69) is 49.1 Å². The van der Waals surface area contributed by atoms with Crippen molar-refractivity contribution in [2.75, 3.05) is 6.54 Å². The van der Waals surface area contributed by atoms with Crippen LogP contribution in [0.5, 0.6) is 0 Å². The Bertz CT molecular complexity index is 1060. The maximum absolute atomic E-state index is 4.79. The Hall–Kier alpha value is -3.12. The molecule has 6 heteroatoms. The molecule has 0 bridgehead atoms. The van der Waals surface area contributed by atoms with Crippen molar-refractivity contribution in [3.05, 3.63) is 72.2 Å². The summed E-state index contributed by atoms with van der Waals surface area (Å²) in [6.45, 7) is 2.77. The molecule has 1 N–H and O–H groups in total. The Morgan fingerprint density at radius 3 is 2.92 bits per heavy atom. The van der Waals surface area contributed by atoms with E-state index >= 15 is 0 Å². The van der Waals surface area contributed by atoms with Crippen molar-refractivity contribution >= 4 is 10.9 Å². The van der Waals surface area contributed by atoms with Gasteiger partial charge in [0.15, 0.2) is 5.82 Å². The minimum atomic E-state index is 0.693. The van der Waals surface area contributed by atoms with Crippen LogP contribution in [0, 0.1) is 0 Å². The van der Waals surface area contributed by atoms with E-state index in [-0.39, 0.29) is 0 Å². The first-order chi connectivity index (χ1) is 12.9. The second kappa shape index (κ2) is 6.31. The number of aromatic amines is 1. The molecule has 1 aliphatic heterocycles. The van der Waals surface area contributed by atoms with Crippen molar-refractivity contribution in [1.82, 2.24) is 29.8 Å². The summed E-state index contributed by atoms with van der Waals surface area (Å²) in [5.41, 5.74) is 5.73. The number of nitrogens with one attached hydrogen (secondary N) is 1. The molecular formula is C20H18N6. The summed E-state index contributed by atoms with van der Waals surface area (Å²) in [5.74, 6) is 0.693. The molecule has 4 aromatic rings. The van der Waals surface area contributed by atoms with Gasteiger partial charge in [0.2, 0.25) is 0 Å². The zero-order valence-corrected chi connectivity index (χ0v) is 14.3. The highest BCUT2D eigenvalue weighted by Gasteiger charge is 2.19. The fourth-order valence-electron chi connectivity index (χ4n) is 3.58. The molecule has 1 aromatic carbocycles. The summed E-state index contributed by atoms with van der Waals surface area (Å²) in [7, 11) is 0. The van der Waals surface area contributed by atoms with Crippen molar-refractivity contribution in [2.45, 2.75) is 19.5 Å². The lowest BCUT2D eigenvalue weighted by molar-refractivity contribution is 0.242. The van der Waals surface area contributed by atoms with Crippen LogP contribution in [0.1, 0.15) is 16.8 Å². The monoisotopic (exact) mass is 342 g/mol. The van der Waals surface area contributed by atoms with Gasteiger partial charge in [-0.3, -0.25) is 4.90 Å². The van der Waals surface area contributed by atoms with E-state index in [4.69, 9.17) is 4.98 Å². The predicted octanol–water partition coefficient (Wildman–Crippen LogP) is 2.97. The van der Waals surface area contributed by atoms with Crippen molar-refractivity contribution in [1.29, 1.82) is 0 Å². The highest BCUT2D eigenvalue weighted by molar-refractivity contribution is 5.82. The highest BCUT2D eigenvalue weighted by Crippen LogP contribution is 2.24. The Morgan fingerprint density at radius 2 is 2.00 bits per heavy atom. The molecule has 1 aliphatic rings. The normalized spacial score (nSPS) is 14.5. The fourth-order valence-corrected chi connectivity index (χ4v) is 3.58. The number of hydrogen-bond acceptors (Lipinski definition) is 5.